The topological polar surface area (TPSA) is 106 Å². The molecule has 0 saturated carbocycles. The predicted octanol–water partition coefficient (Wildman–Crippen LogP) is 3.87. The summed E-state index contributed by atoms with van der Waals surface area (Å²) in [5, 5.41) is 4.70. The summed E-state index contributed by atoms with van der Waals surface area (Å²) < 4.78 is 5.27. The number of furan rings is 1. The summed E-state index contributed by atoms with van der Waals surface area (Å²) in [5.41, 5.74) is 12.8. The van der Waals surface area contributed by atoms with Crippen molar-refractivity contribution in [2.24, 2.45) is 21.7 Å². The molecular weight excluding hydrogens is 326 g/mol. The maximum absolute atomic E-state index is 5.79. The first kappa shape index (κ1) is 17.5. The Balaban J connectivity index is 2.08. The van der Waals surface area contributed by atoms with E-state index in [0.717, 1.165) is 22.5 Å². The Hall–Kier alpha value is -3.28. The Morgan fingerprint density at radius 3 is 2.77 bits per heavy atom. The van der Waals surface area contributed by atoms with Gasteiger partial charge in [-0.25, -0.2) is 0 Å². The molecule has 6 nitrogen and oxygen atoms in total. The zero-order valence-corrected chi connectivity index (χ0v) is 15.2. The van der Waals surface area contributed by atoms with Gasteiger partial charge in [-0.15, -0.1) is 0 Å². The fraction of sp³-hybridized carbons (Fsp3) is 0.200. The minimum absolute atomic E-state index is 0.219. The number of nitrogens with two attached hydrogens (primary N) is 2. The number of hydrazone groups is 1. The number of aryl methyl sites for hydroxylation is 1. The van der Waals surface area contributed by atoms with Gasteiger partial charge in [-0.2, -0.15) is 5.10 Å². The van der Waals surface area contributed by atoms with E-state index in [4.69, 9.17) is 16.0 Å². The number of amidine groups is 1. The molecule has 26 heavy (non-hydrogen) atoms. The van der Waals surface area contributed by atoms with E-state index >= 15 is 0 Å². The van der Waals surface area contributed by atoms with Crippen LogP contribution in [-0.2, 0) is 6.42 Å². The minimum Gasteiger partial charge on any atom is -0.472 e. The van der Waals surface area contributed by atoms with E-state index in [1.165, 1.54) is 16.5 Å². The molecule has 0 atom stereocenters. The number of hydrogen-bond donors (Lipinski definition) is 3. The molecule has 0 fully saturated rings. The number of fused-ring (bicyclic) bond motifs is 1. The zero-order valence-electron chi connectivity index (χ0n) is 15.2. The average Bonchev–Trinajstić information content (AvgIpc) is 3.27. The number of aromatic amines is 1. The predicted molar refractivity (Wildman–Crippen MR) is 107 cm³/mol. The molecule has 3 aromatic rings. The van der Waals surface area contributed by atoms with Crippen molar-refractivity contribution >= 4 is 22.5 Å². The second-order valence-corrected chi connectivity index (χ2v) is 6.25. The van der Waals surface area contributed by atoms with Crippen molar-refractivity contribution in [1.29, 1.82) is 0 Å². The quantitative estimate of drug-likeness (QED) is 0.282. The summed E-state index contributed by atoms with van der Waals surface area (Å²) >= 11 is 0. The lowest BCUT2D eigenvalue weighted by atomic mass is 10.0. The van der Waals surface area contributed by atoms with Gasteiger partial charge in [-0.1, -0.05) is 18.2 Å². The number of aliphatic imine (C=N–C) groups is 1. The van der Waals surface area contributed by atoms with Crippen molar-refractivity contribution in [3.8, 4) is 11.3 Å². The van der Waals surface area contributed by atoms with Gasteiger partial charge in [0.15, 0.2) is 5.84 Å². The second-order valence-electron chi connectivity index (χ2n) is 6.25. The Morgan fingerprint density at radius 2 is 2.12 bits per heavy atom. The molecule has 0 bridgehead atoms. The fourth-order valence-corrected chi connectivity index (χ4v) is 3.04. The number of aromatic nitrogens is 1. The highest BCUT2D eigenvalue weighted by Crippen LogP contribution is 2.32. The molecule has 0 amide bonds. The van der Waals surface area contributed by atoms with Gasteiger partial charge in [0.2, 0.25) is 0 Å². The Morgan fingerprint density at radius 1 is 1.31 bits per heavy atom. The van der Waals surface area contributed by atoms with Gasteiger partial charge in [0.1, 0.15) is 5.70 Å². The third kappa shape index (κ3) is 3.39. The van der Waals surface area contributed by atoms with E-state index in [2.05, 4.69) is 40.2 Å². The summed E-state index contributed by atoms with van der Waals surface area (Å²) in [6, 6.07) is 8.34. The number of hydrogen-bond acceptors (Lipinski definition) is 4. The minimum atomic E-state index is 0.219. The van der Waals surface area contributed by atoms with Crippen molar-refractivity contribution in [3.63, 3.8) is 0 Å². The van der Waals surface area contributed by atoms with Gasteiger partial charge in [0, 0.05) is 28.6 Å². The Labute approximate surface area is 152 Å². The van der Waals surface area contributed by atoms with E-state index in [-0.39, 0.29) is 5.84 Å². The maximum atomic E-state index is 5.79. The summed E-state index contributed by atoms with van der Waals surface area (Å²) in [5.74, 6) is 5.49. The lowest BCUT2D eigenvalue weighted by molar-refractivity contribution is 0.568. The van der Waals surface area contributed by atoms with Crippen LogP contribution in [0.2, 0.25) is 0 Å². The largest absolute Gasteiger partial charge is 0.472 e. The van der Waals surface area contributed by atoms with Crippen LogP contribution in [0.4, 0.5) is 0 Å². The van der Waals surface area contributed by atoms with Crippen molar-refractivity contribution in [3.05, 3.63) is 59.7 Å². The molecule has 0 aliphatic rings. The average molecular weight is 349 g/mol. The van der Waals surface area contributed by atoms with Crippen LogP contribution in [0.25, 0.3) is 22.2 Å². The molecule has 2 heterocycles. The number of H-pyrrole nitrogens is 1. The monoisotopic (exact) mass is 349 g/mol. The van der Waals surface area contributed by atoms with E-state index in [9.17, 15) is 0 Å². The number of nitrogens with one attached hydrogen (secondary N) is 1. The molecule has 3 rings (SSSR count). The molecule has 0 aliphatic carbocycles. The van der Waals surface area contributed by atoms with Gasteiger partial charge >= 0.3 is 0 Å². The first-order chi connectivity index (χ1) is 12.5. The van der Waals surface area contributed by atoms with Crippen LogP contribution in [-0.4, -0.2) is 16.5 Å². The van der Waals surface area contributed by atoms with Crippen molar-refractivity contribution in [2.45, 2.75) is 27.2 Å². The highest BCUT2D eigenvalue weighted by atomic mass is 16.3. The molecule has 6 heteroatoms. The molecule has 0 radical (unpaired) electrons. The molecule has 0 unspecified atom stereocenters. The first-order valence-electron chi connectivity index (χ1n) is 8.41. The number of rotatable bonds is 5. The van der Waals surface area contributed by atoms with Crippen LogP contribution in [0.1, 0.15) is 25.0 Å². The maximum Gasteiger partial charge on any atom is 0.168 e. The molecule has 0 spiro atoms. The standard InChI is InChI=1S/C20H23N5O/c1-4-17(20(21)25-22)23-13(3)10-16-15-6-5-12(2)9-18(15)24-19(16)14-7-8-26-11-14/h4-9,11,24H,10,22H2,1-3H3,(H2,21,25)/b17-4-,23-13?. The van der Waals surface area contributed by atoms with Crippen LogP contribution in [0.3, 0.4) is 0 Å². The lowest BCUT2D eigenvalue weighted by Gasteiger charge is -2.06. The van der Waals surface area contributed by atoms with E-state index in [0.29, 0.717) is 12.1 Å². The Bertz CT molecular complexity index is 1010. The lowest BCUT2D eigenvalue weighted by Crippen LogP contribution is -2.17. The summed E-state index contributed by atoms with van der Waals surface area (Å²) in [7, 11) is 0. The number of benzene rings is 1. The summed E-state index contributed by atoms with van der Waals surface area (Å²) in [6.07, 6.45) is 5.88. The Kier molecular flexibility index (Phi) is 4.93. The van der Waals surface area contributed by atoms with Gasteiger partial charge in [-0.05, 0) is 44.0 Å². The molecule has 0 saturated heterocycles. The molecule has 134 valence electrons. The third-order valence-corrected chi connectivity index (χ3v) is 4.29. The van der Waals surface area contributed by atoms with Crippen LogP contribution >= 0.6 is 0 Å². The molecule has 0 aliphatic heterocycles. The van der Waals surface area contributed by atoms with Gasteiger partial charge < -0.3 is 21.0 Å². The zero-order chi connectivity index (χ0) is 18.7. The second kappa shape index (κ2) is 7.31. The smallest absolute Gasteiger partial charge is 0.168 e. The molecule has 2 aromatic heterocycles. The van der Waals surface area contributed by atoms with Gasteiger partial charge in [0.25, 0.3) is 0 Å². The molecule has 1 aromatic carbocycles. The van der Waals surface area contributed by atoms with Crippen molar-refractivity contribution in [2.75, 3.05) is 0 Å². The summed E-state index contributed by atoms with van der Waals surface area (Å²) in [4.78, 5) is 8.11. The van der Waals surface area contributed by atoms with Gasteiger partial charge in [0.05, 0.1) is 18.2 Å². The molecular formula is C20H23N5O. The fourth-order valence-electron chi connectivity index (χ4n) is 3.04. The van der Waals surface area contributed by atoms with Crippen LogP contribution in [0.15, 0.2) is 63.1 Å². The highest BCUT2D eigenvalue weighted by molar-refractivity contribution is 6.01. The van der Waals surface area contributed by atoms with E-state index in [1.54, 1.807) is 18.6 Å². The summed E-state index contributed by atoms with van der Waals surface area (Å²) in [6.45, 7) is 5.91. The molecule has 5 N–H and O–H groups in total. The van der Waals surface area contributed by atoms with Crippen LogP contribution in [0.5, 0.6) is 0 Å². The van der Waals surface area contributed by atoms with Gasteiger partial charge in [-0.3, -0.25) is 4.99 Å². The number of allylic oxidation sites excluding steroid dienone is 1. The van der Waals surface area contributed by atoms with Crippen LogP contribution < -0.4 is 11.6 Å². The van der Waals surface area contributed by atoms with E-state index < -0.39 is 0 Å². The normalized spacial score (nSPS) is 13.6. The highest BCUT2D eigenvalue weighted by Gasteiger charge is 2.15. The number of nitrogens with zero attached hydrogens (tertiary/aromatic N) is 2. The third-order valence-electron chi connectivity index (χ3n) is 4.29. The SMILES string of the molecule is C/C=C(N=C(C)Cc1c(-c2ccoc2)[nH]c2cc(C)ccc12)/C(N)=N/N. The van der Waals surface area contributed by atoms with E-state index in [1.807, 2.05) is 19.9 Å². The van der Waals surface area contributed by atoms with Crippen molar-refractivity contribution < 1.29 is 4.42 Å². The van der Waals surface area contributed by atoms with Crippen molar-refractivity contribution in [1.82, 2.24) is 4.98 Å². The first-order valence-corrected chi connectivity index (χ1v) is 8.41. The van der Waals surface area contributed by atoms with Crippen LogP contribution in [0, 0.1) is 6.92 Å².